The minimum atomic E-state index is 0.872. The number of anilines is 1. The second-order valence-corrected chi connectivity index (χ2v) is 4.48. The molecule has 19 heavy (non-hydrogen) atoms. The first kappa shape index (κ1) is 11.8. The summed E-state index contributed by atoms with van der Waals surface area (Å²) in [4.78, 5) is 4.78. The highest BCUT2D eigenvalue weighted by atomic mass is 16.5. The number of nitrogens with zero attached hydrogens (tertiary/aromatic N) is 1. The summed E-state index contributed by atoms with van der Waals surface area (Å²) < 4.78 is 5.19. The molecule has 1 heterocycles. The largest absolute Gasteiger partial charge is 0.497 e. The van der Waals surface area contributed by atoms with Crippen molar-refractivity contribution in [3.63, 3.8) is 0 Å². The summed E-state index contributed by atoms with van der Waals surface area (Å²) >= 11 is 0. The molecule has 3 rings (SSSR count). The van der Waals surface area contributed by atoms with Gasteiger partial charge in [-0.1, -0.05) is 12.1 Å². The van der Waals surface area contributed by atoms with E-state index in [2.05, 4.69) is 23.5 Å². The van der Waals surface area contributed by atoms with Gasteiger partial charge in [0.25, 0.3) is 0 Å². The molecule has 1 N–H and O–H groups in total. The minimum absolute atomic E-state index is 0.872. The predicted molar refractivity (Wildman–Crippen MR) is 78.7 cm³/mol. The molecule has 1 aliphatic rings. The molecule has 1 aliphatic heterocycles. The minimum Gasteiger partial charge on any atom is -0.497 e. The molecular weight excluding hydrogens is 236 g/mol. The highest BCUT2D eigenvalue weighted by Crippen LogP contribution is 2.28. The van der Waals surface area contributed by atoms with Gasteiger partial charge in [0.2, 0.25) is 0 Å². The van der Waals surface area contributed by atoms with Gasteiger partial charge in [0.05, 0.1) is 24.2 Å². The van der Waals surface area contributed by atoms with Crippen LogP contribution in [0, 0.1) is 0 Å². The Morgan fingerprint density at radius 1 is 1.05 bits per heavy atom. The lowest BCUT2D eigenvalue weighted by molar-refractivity contribution is 0.415. The van der Waals surface area contributed by atoms with Gasteiger partial charge < -0.3 is 10.1 Å². The van der Waals surface area contributed by atoms with Crippen molar-refractivity contribution in [3.05, 3.63) is 54.1 Å². The first-order valence-electron chi connectivity index (χ1n) is 6.42. The van der Waals surface area contributed by atoms with Gasteiger partial charge in [-0.2, -0.15) is 0 Å². The number of methoxy groups -OCH3 is 1. The quantitative estimate of drug-likeness (QED) is 0.885. The van der Waals surface area contributed by atoms with E-state index in [9.17, 15) is 0 Å². The van der Waals surface area contributed by atoms with Gasteiger partial charge in [-0.25, -0.2) is 0 Å². The summed E-state index contributed by atoms with van der Waals surface area (Å²) in [5, 5.41) is 3.41. The second-order valence-electron chi connectivity index (χ2n) is 4.48. The Hall–Kier alpha value is -2.29. The van der Waals surface area contributed by atoms with E-state index in [1.165, 1.54) is 0 Å². The second kappa shape index (κ2) is 5.14. The number of aliphatic imine (C=N–C) groups is 1. The third kappa shape index (κ3) is 2.45. The molecule has 0 saturated carbocycles. The summed E-state index contributed by atoms with van der Waals surface area (Å²) in [6.45, 7) is 0.905. The van der Waals surface area contributed by atoms with Crippen LogP contribution in [0.2, 0.25) is 0 Å². The van der Waals surface area contributed by atoms with Gasteiger partial charge in [-0.15, -0.1) is 0 Å². The van der Waals surface area contributed by atoms with Crippen molar-refractivity contribution in [2.24, 2.45) is 4.99 Å². The van der Waals surface area contributed by atoms with Crippen LogP contribution in [0.5, 0.6) is 5.75 Å². The summed E-state index contributed by atoms with van der Waals surface area (Å²) in [5.41, 5.74) is 4.37. The fourth-order valence-electron chi connectivity index (χ4n) is 2.23. The first-order chi connectivity index (χ1) is 9.36. The summed E-state index contributed by atoms with van der Waals surface area (Å²) in [6.07, 6.45) is 0.918. The molecule has 0 unspecified atom stereocenters. The summed E-state index contributed by atoms with van der Waals surface area (Å²) in [7, 11) is 1.68. The van der Waals surface area contributed by atoms with E-state index in [0.717, 1.165) is 41.4 Å². The van der Waals surface area contributed by atoms with E-state index >= 15 is 0 Å². The molecule has 0 fully saturated rings. The van der Waals surface area contributed by atoms with Crippen molar-refractivity contribution in [2.75, 3.05) is 19.0 Å². The van der Waals surface area contributed by atoms with Gasteiger partial charge >= 0.3 is 0 Å². The normalized spacial score (nSPS) is 13.8. The smallest absolute Gasteiger partial charge is 0.118 e. The highest BCUT2D eigenvalue weighted by molar-refractivity contribution is 6.03. The molecule has 0 spiro atoms. The lowest BCUT2D eigenvalue weighted by atomic mass is 10.1. The van der Waals surface area contributed by atoms with Crippen LogP contribution in [0.1, 0.15) is 12.0 Å². The monoisotopic (exact) mass is 252 g/mol. The molecule has 0 amide bonds. The molecule has 0 bridgehead atoms. The molecule has 96 valence electrons. The Morgan fingerprint density at radius 3 is 2.63 bits per heavy atom. The molecule has 0 aromatic heterocycles. The van der Waals surface area contributed by atoms with E-state index in [0.29, 0.717) is 0 Å². The molecule has 2 aromatic carbocycles. The topological polar surface area (TPSA) is 33.6 Å². The lowest BCUT2D eigenvalue weighted by Crippen LogP contribution is -2.06. The van der Waals surface area contributed by atoms with Crippen LogP contribution in [-0.2, 0) is 0 Å². The van der Waals surface area contributed by atoms with Crippen molar-refractivity contribution >= 4 is 17.1 Å². The maximum atomic E-state index is 5.19. The maximum Gasteiger partial charge on any atom is 0.118 e. The number of fused-ring (bicyclic) bond motifs is 1. The number of benzene rings is 2. The zero-order chi connectivity index (χ0) is 13.1. The average Bonchev–Trinajstić information content (AvgIpc) is 2.69. The zero-order valence-electron chi connectivity index (χ0n) is 10.9. The summed E-state index contributed by atoms with van der Waals surface area (Å²) in [6, 6.07) is 16.2. The Bertz CT molecular complexity index is 602. The first-order valence-corrected chi connectivity index (χ1v) is 6.42. The molecule has 0 radical (unpaired) electrons. The van der Waals surface area contributed by atoms with Crippen LogP contribution in [0.25, 0.3) is 0 Å². The van der Waals surface area contributed by atoms with Gasteiger partial charge in [0.15, 0.2) is 0 Å². The van der Waals surface area contributed by atoms with Crippen molar-refractivity contribution < 1.29 is 4.74 Å². The fourth-order valence-corrected chi connectivity index (χ4v) is 2.23. The van der Waals surface area contributed by atoms with Crippen LogP contribution >= 0.6 is 0 Å². The lowest BCUT2D eigenvalue weighted by Gasteiger charge is -2.05. The highest BCUT2D eigenvalue weighted by Gasteiger charge is 2.10. The number of para-hydroxylation sites is 2. The van der Waals surface area contributed by atoms with Crippen LogP contribution in [-0.4, -0.2) is 19.4 Å². The van der Waals surface area contributed by atoms with Crippen LogP contribution in [0.15, 0.2) is 53.5 Å². The third-order valence-corrected chi connectivity index (χ3v) is 3.26. The molecule has 0 atom stereocenters. The Kier molecular flexibility index (Phi) is 3.19. The van der Waals surface area contributed by atoms with E-state index < -0.39 is 0 Å². The number of ether oxygens (including phenoxy) is 1. The van der Waals surface area contributed by atoms with Crippen LogP contribution < -0.4 is 10.1 Å². The molecule has 0 aliphatic carbocycles. The third-order valence-electron chi connectivity index (χ3n) is 3.26. The van der Waals surface area contributed by atoms with Crippen molar-refractivity contribution in [1.82, 2.24) is 0 Å². The van der Waals surface area contributed by atoms with E-state index in [-0.39, 0.29) is 0 Å². The zero-order valence-corrected chi connectivity index (χ0v) is 10.9. The SMILES string of the molecule is COc1ccc(C2=Nc3ccccc3NCC2)cc1. The Labute approximate surface area is 113 Å². The van der Waals surface area contributed by atoms with Gasteiger partial charge in [-0.3, -0.25) is 4.99 Å². The molecule has 2 aromatic rings. The molecule has 0 saturated heterocycles. The van der Waals surface area contributed by atoms with Crippen LogP contribution in [0.4, 0.5) is 11.4 Å². The summed E-state index contributed by atoms with van der Waals surface area (Å²) in [5.74, 6) is 0.872. The Morgan fingerprint density at radius 2 is 1.84 bits per heavy atom. The van der Waals surface area contributed by atoms with Crippen molar-refractivity contribution in [3.8, 4) is 5.75 Å². The number of nitrogens with one attached hydrogen (secondary N) is 1. The van der Waals surface area contributed by atoms with Gasteiger partial charge in [-0.05, 0) is 42.0 Å². The fraction of sp³-hybridized carbons (Fsp3) is 0.188. The van der Waals surface area contributed by atoms with Gasteiger partial charge in [0.1, 0.15) is 5.75 Å². The molecule has 3 heteroatoms. The van der Waals surface area contributed by atoms with E-state index in [4.69, 9.17) is 9.73 Å². The number of hydrogen-bond donors (Lipinski definition) is 1. The molecular formula is C16H16N2O. The van der Waals surface area contributed by atoms with Gasteiger partial charge in [0, 0.05) is 13.0 Å². The maximum absolute atomic E-state index is 5.19. The Balaban J connectivity index is 1.98. The van der Waals surface area contributed by atoms with Crippen LogP contribution in [0.3, 0.4) is 0 Å². The molecule has 3 nitrogen and oxygen atoms in total. The number of rotatable bonds is 2. The standard InChI is InChI=1S/C16H16N2O/c1-19-13-8-6-12(7-9-13)14-10-11-17-15-4-2-3-5-16(15)18-14/h2-9,17H,10-11H2,1H3. The number of hydrogen-bond acceptors (Lipinski definition) is 3. The van der Waals surface area contributed by atoms with Crippen molar-refractivity contribution in [2.45, 2.75) is 6.42 Å². The van der Waals surface area contributed by atoms with E-state index in [1.807, 2.05) is 30.3 Å². The predicted octanol–water partition coefficient (Wildman–Crippen LogP) is 3.63. The average molecular weight is 252 g/mol. The van der Waals surface area contributed by atoms with E-state index in [1.54, 1.807) is 7.11 Å². The van der Waals surface area contributed by atoms with Crippen molar-refractivity contribution in [1.29, 1.82) is 0 Å².